The first-order valence-electron chi connectivity index (χ1n) is 8.78. The first-order chi connectivity index (χ1) is 11.8. The van der Waals surface area contributed by atoms with Crippen molar-refractivity contribution in [3.8, 4) is 5.75 Å². The Bertz CT molecular complexity index is 710. The predicted molar refractivity (Wildman–Crippen MR) is 97.4 cm³/mol. The minimum atomic E-state index is -3.60. The van der Waals surface area contributed by atoms with Gasteiger partial charge in [-0.2, -0.15) is 4.31 Å². The van der Waals surface area contributed by atoms with Gasteiger partial charge in [-0.3, -0.25) is 4.79 Å². The second-order valence-corrected chi connectivity index (χ2v) is 8.67. The Kier molecular flexibility index (Phi) is 6.46. The first kappa shape index (κ1) is 19.7. The Labute approximate surface area is 150 Å². The fourth-order valence-electron chi connectivity index (χ4n) is 2.80. The van der Waals surface area contributed by atoms with Crippen LogP contribution in [-0.4, -0.2) is 44.9 Å². The summed E-state index contributed by atoms with van der Waals surface area (Å²) >= 11 is 0. The number of sulfonamides is 1. The van der Waals surface area contributed by atoms with Gasteiger partial charge in [0.25, 0.3) is 5.91 Å². The molecule has 1 atom stereocenters. The molecule has 1 aliphatic heterocycles. The van der Waals surface area contributed by atoms with Crippen LogP contribution in [0.3, 0.4) is 0 Å². The number of nitrogens with one attached hydrogen (secondary N) is 1. The maximum absolute atomic E-state index is 12.9. The number of methoxy groups -OCH3 is 1. The second-order valence-electron chi connectivity index (χ2n) is 6.73. The lowest BCUT2D eigenvalue weighted by Gasteiger charge is -2.29. The number of piperidine rings is 1. The zero-order valence-electron chi connectivity index (χ0n) is 15.4. The fraction of sp³-hybridized carbons (Fsp3) is 0.611. The standard InChI is InChI=1S/C18H28N2O4S/c1-5-14(3)19-18(21)16-12-15(6-7-17(16)24-4)25(22,23)20-10-8-13(2)9-11-20/h6-7,12-14H,5,8-11H2,1-4H3,(H,19,21). The minimum Gasteiger partial charge on any atom is -0.496 e. The summed E-state index contributed by atoms with van der Waals surface area (Å²) in [6, 6.07) is 4.47. The van der Waals surface area contributed by atoms with Crippen molar-refractivity contribution < 1.29 is 17.9 Å². The van der Waals surface area contributed by atoms with Gasteiger partial charge in [-0.25, -0.2) is 8.42 Å². The Morgan fingerprint density at radius 3 is 2.56 bits per heavy atom. The predicted octanol–water partition coefficient (Wildman–Crippen LogP) is 2.64. The van der Waals surface area contributed by atoms with E-state index in [0.717, 1.165) is 19.3 Å². The van der Waals surface area contributed by atoms with Gasteiger partial charge < -0.3 is 10.1 Å². The van der Waals surface area contributed by atoms with Gasteiger partial charge in [-0.05, 0) is 50.3 Å². The van der Waals surface area contributed by atoms with Gasteiger partial charge in [0.05, 0.1) is 17.6 Å². The van der Waals surface area contributed by atoms with Crippen molar-refractivity contribution in [1.29, 1.82) is 0 Å². The number of ether oxygens (including phenoxy) is 1. The highest BCUT2D eigenvalue weighted by Gasteiger charge is 2.29. The third-order valence-electron chi connectivity index (χ3n) is 4.79. The number of benzene rings is 1. The molecule has 0 aromatic heterocycles. The van der Waals surface area contributed by atoms with Crippen molar-refractivity contribution >= 4 is 15.9 Å². The molecule has 140 valence electrons. The molecular weight excluding hydrogens is 340 g/mol. The molecule has 0 saturated carbocycles. The summed E-state index contributed by atoms with van der Waals surface area (Å²) in [5.74, 6) is 0.585. The lowest BCUT2D eigenvalue weighted by Crippen LogP contribution is -2.38. The monoisotopic (exact) mass is 368 g/mol. The molecule has 2 rings (SSSR count). The number of carbonyl (C=O) groups excluding carboxylic acids is 1. The molecule has 1 heterocycles. The smallest absolute Gasteiger partial charge is 0.255 e. The van der Waals surface area contributed by atoms with Gasteiger partial charge in [-0.1, -0.05) is 13.8 Å². The molecule has 1 fully saturated rings. The molecule has 0 radical (unpaired) electrons. The largest absolute Gasteiger partial charge is 0.496 e. The highest BCUT2D eigenvalue weighted by atomic mass is 32.2. The van der Waals surface area contributed by atoms with Crippen molar-refractivity contribution in [2.75, 3.05) is 20.2 Å². The van der Waals surface area contributed by atoms with Crippen LogP contribution >= 0.6 is 0 Å². The van der Waals surface area contributed by atoms with Crippen LogP contribution in [0.25, 0.3) is 0 Å². The molecule has 1 saturated heterocycles. The topological polar surface area (TPSA) is 75.7 Å². The molecule has 1 aliphatic rings. The lowest BCUT2D eigenvalue weighted by atomic mass is 10.0. The van der Waals surface area contributed by atoms with Crippen LogP contribution in [-0.2, 0) is 10.0 Å². The minimum absolute atomic E-state index is 0.000974. The van der Waals surface area contributed by atoms with Crippen LogP contribution in [0, 0.1) is 5.92 Å². The number of hydrogen-bond donors (Lipinski definition) is 1. The van der Waals surface area contributed by atoms with E-state index >= 15 is 0 Å². The average Bonchev–Trinajstić information content (AvgIpc) is 2.61. The Morgan fingerprint density at radius 2 is 2.00 bits per heavy atom. The summed E-state index contributed by atoms with van der Waals surface area (Å²) in [6.07, 6.45) is 2.51. The van der Waals surface area contributed by atoms with Gasteiger partial charge in [0, 0.05) is 19.1 Å². The lowest BCUT2D eigenvalue weighted by molar-refractivity contribution is 0.0936. The maximum atomic E-state index is 12.9. The van der Waals surface area contributed by atoms with Crippen LogP contribution < -0.4 is 10.1 Å². The summed E-state index contributed by atoms with van der Waals surface area (Å²) < 4.78 is 32.5. The maximum Gasteiger partial charge on any atom is 0.255 e. The quantitative estimate of drug-likeness (QED) is 0.837. The van der Waals surface area contributed by atoms with Gasteiger partial charge in [0.2, 0.25) is 10.0 Å². The van der Waals surface area contributed by atoms with E-state index in [9.17, 15) is 13.2 Å². The molecule has 0 bridgehead atoms. The van der Waals surface area contributed by atoms with Gasteiger partial charge >= 0.3 is 0 Å². The third kappa shape index (κ3) is 4.52. The molecule has 1 aromatic rings. The number of amides is 1. The normalized spacial score (nSPS) is 17.9. The van der Waals surface area contributed by atoms with E-state index in [0.29, 0.717) is 24.8 Å². The SMILES string of the molecule is CCC(C)NC(=O)c1cc(S(=O)(=O)N2CCC(C)CC2)ccc1OC. The van der Waals surface area contributed by atoms with Crippen LogP contribution in [0.15, 0.2) is 23.1 Å². The fourth-order valence-corrected chi connectivity index (χ4v) is 4.30. The average molecular weight is 368 g/mol. The Morgan fingerprint density at radius 1 is 1.36 bits per heavy atom. The Hall–Kier alpha value is -1.60. The van der Waals surface area contributed by atoms with E-state index in [4.69, 9.17) is 4.74 Å². The molecule has 0 aliphatic carbocycles. The first-order valence-corrected chi connectivity index (χ1v) is 10.2. The van der Waals surface area contributed by atoms with E-state index in [-0.39, 0.29) is 22.4 Å². The van der Waals surface area contributed by atoms with Gasteiger partial charge in [0.1, 0.15) is 5.75 Å². The number of hydrogen-bond acceptors (Lipinski definition) is 4. The summed E-state index contributed by atoms with van der Waals surface area (Å²) in [7, 11) is -2.13. The molecule has 1 unspecified atom stereocenters. The van der Waals surface area contributed by atoms with Crippen molar-refractivity contribution in [1.82, 2.24) is 9.62 Å². The summed E-state index contributed by atoms with van der Waals surface area (Å²) in [4.78, 5) is 12.6. The van der Waals surface area contributed by atoms with Crippen LogP contribution in [0.5, 0.6) is 5.75 Å². The summed E-state index contributed by atoms with van der Waals surface area (Å²) in [5, 5.41) is 2.86. The molecule has 1 N–H and O–H groups in total. The molecular formula is C18H28N2O4S. The number of nitrogens with zero attached hydrogens (tertiary/aromatic N) is 1. The third-order valence-corrected chi connectivity index (χ3v) is 6.68. The van der Waals surface area contributed by atoms with Crippen molar-refractivity contribution in [3.63, 3.8) is 0 Å². The molecule has 7 heteroatoms. The molecule has 25 heavy (non-hydrogen) atoms. The zero-order chi connectivity index (χ0) is 18.6. The Balaban J connectivity index is 2.33. The summed E-state index contributed by atoms with van der Waals surface area (Å²) in [6.45, 7) is 7.04. The second kappa shape index (κ2) is 8.19. The highest BCUT2D eigenvalue weighted by Crippen LogP contribution is 2.27. The molecule has 1 aromatic carbocycles. The summed E-state index contributed by atoms with van der Waals surface area (Å²) in [5.41, 5.74) is 0.245. The van der Waals surface area contributed by atoms with Crippen LogP contribution in [0.1, 0.15) is 50.4 Å². The molecule has 6 nitrogen and oxygen atoms in total. The van der Waals surface area contributed by atoms with Crippen molar-refractivity contribution in [3.05, 3.63) is 23.8 Å². The number of rotatable bonds is 6. The molecule has 1 amide bonds. The van der Waals surface area contributed by atoms with E-state index < -0.39 is 10.0 Å². The number of carbonyl (C=O) groups is 1. The van der Waals surface area contributed by atoms with E-state index in [1.54, 1.807) is 6.07 Å². The van der Waals surface area contributed by atoms with Gasteiger partial charge in [0.15, 0.2) is 0 Å². The van der Waals surface area contributed by atoms with Crippen LogP contribution in [0.2, 0.25) is 0 Å². The zero-order valence-corrected chi connectivity index (χ0v) is 16.2. The van der Waals surface area contributed by atoms with Crippen molar-refractivity contribution in [2.45, 2.75) is 51.0 Å². The van der Waals surface area contributed by atoms with Gasteiger partial charge in [-0.15, -0.1) is 0 Å². The van der Waals surface area contributed by atoms with E-state index in [1.165, 1.54) is 23.5 Å². The highest BCUT2D eigenvalue weighted by molar-refractivity contribution is 7.89. The molecule has 0 spiro atoms. The van der Waals surface area contributed by atoms with Crippen LogP contribution in [0.4, 0.5) is 0 Å². The van der Waals surface area contributed by atoms with Crippen molar-refractivity contribution in [2.24, 2.45) is 5.92 Å². The van der Waals surface area contributed by atoms with E-state index in [2.05, 4.69) is 12.2 Å². The van der Waals surface area contributed by atoms with E-state index in [1.807, 2.05) is 13.8 Å².